The van der Waals surface area contributed by atoms with Crippen LogP contribution in [0.25, 0.3) is 11.0 Å². The van der Waals surface area contributed by atoms with Crippen molar-refractivity contribution in [1.29, 1.82) is 0 Å². The second kappa shape index (κ2) is 9.64. The number of hydrogen-bond donors (Lipinski definition) is 2. The molecule has 1 fully saturated rings. The summed E-state index contributed by atoms with van der Waals surface area (Å²) in [5.74, 6) is -0.188. The molecule has 0 bridgehead atoms. The lowest BCUT2D eigenvalue weighted by atomic mass is 10.1. The number of aromatic amines is 1. The van der Waals surface area contributed by atoms with Gasteiger partial charge in [-0.05, 0) is 56.2 Å². The first-order valence-corrected chi connectivity index (χ1v) is 11.7. The molecule has 1 aliphatic rings. The van der Waals surface area contributed by atoms with Crippen LogP contribution in [0.3, 0.4) is 0 Å². The molecule has 2 heterocycles. The predicted molar refractivity (Wildman–Crippen MR) is 131 cm³/mol. The summed E-state index contributed by atoms with van der Waals surface area (Å²) < 4.78 is 0. The van der Waals surface area contributed by atoms with Crippen molar-refractivity contribution in [2.75, 3.05) is 20.6 Å². The Kier molecular flexibility index (Phi) is 6.81. The number of H-pyrrole nitrogens is 1. The fourth-order valence-corrected chi connectivity index (χ4v) is 4.54. The summed E-state index contributed by atoms with van der Waals surface area (Å²) in [5, 5.41) is 3.64. The molecule has 1 aromatic heterocycles. The molecule has 0 radical (unpaired) electrons. The minimum atomic E-state index is -0.499. The molecule has 1 aliphatic heterocycles. The van der Waals surface area contributed by atoms with E-state index >= 15 is 0 Å². The van der Waals surface area contributed by atoms with Crippen LogP contribution in [0.1, 0.15) is 52.3 Å². The van der Waals surface area contributed by atoms with E-state index in [2.05, 4.69) is 15.3 Å². The van der Waals surface area contributed by atoms with Crippen LogP contribution in [-0.4, -0.2) is 64.2 Å². The standard InChI is InChI=1S/C24H25Cl2N5O3/c1-13(21-28-18-9-7-15(25)12-19(18)29-21)27-22(32)14-6-8-16(17(26)11-14)23(33)31-10-4-5-20(31)24(34)30(2)3/h6-9,11-13,20H,4-5,10H2,1-3H3,(H,27,32)(H,28,29)/t13-,20+/m1/s1. The maximum Gasteiger partial charge on any atom is 0.256 e. The summed E-state index contributed by atoms with van der Waals surface area (Å²) in [6.07, 6.45) is 1.37. The third-order valence-electron chi connectivity index (χ3n) is 5.92. The molecule has 10 heteroatoms. The Morgan fingerprint density at radius 2 is 1.94 bits per heavy atom. The minimum absolute atomic E-state index is 0.111. The summed E-state index contributed by atoms with van der Waals surface area (Å²) in [5.41, 5.74) is 2.11. The van der Waals surface area contributed by atoms with Crippen LogP contribution in [0.15, 0.2) is 36.4 Å². The lowest BCUT2D eigenvalue weighted by molar-refractivity contribution is -0.132. The first-order chi connectivity index (χ1) is 16.2. The monoisotopic (exact) mass is 501 g/mol. The average molecular weight is 502 g/mol. The number of benzene rings is 2. The zero-order valence-electron chi connectivity index (χ0n) is 19.1. The van der Waals surface area contributed by atoms with Gasteiger partial charge in [-0.25, -0.2) is 4.98 Å². The van der Waals surface area contributed by atoms with Crippen molar-refractivity contribution in [3.05, 3.63) is 63.4 Å². The zero-order valence-corrected chi connectivity index (χ0v) is 20.6. The van der Waals surface area contributed by atoms with Gasteiger partial charge >= 0.3 is 0 Å². The Morgan fingerprint density at radius 1 is 1.18 bits per heavy atom. The number of amides is 3. The molecular formula is C24H25Cl2N5O3. The van der Waals surface area contributed by atoms with Crippen molar-refractivity contribution < 1.29 is 14.4 Å². The Labute approximate surface area is 207 Å². The summed E-state index contributed by atoms with van der Waals surface area (Å²) in [6.45, 7) is 2.30. The molecule has 3 amide bonds. The smallest absolute Gasteiger partial charge is 0.256 e. The maximum atomic E-state index is 13.1. The van der Waals surface area contributed by atoms with Crippen molar-refractivity contribution >= 4 is 52.0 Å². The quantitative estimate of drug-likeness (QED) is 0.550. The van der Waals surface area contributed by atoms with Gasteiger partial charge < -0.3 is 20.1 Å². The number of carbonyl (C=O) groups is 3. The number of nitrogens with zero attached hydrogens (tertiary/aromatic N) is 3. The van der Waals surface area contributed by atoms with Gasteiger partial charge in [-0.2, -0.15) is 0 Å². The Bertz CT molecular complexity index is 1270. The van der Waals surface area contributed by atoms with Gasteiger partial charge in [0.15, 0.2) is 0 Å². The van der Waals surface area contributed by atoms with Gasteiger partial charge in [-0.3, -0.25) is 14.4 Å². The highest BCUT2D eigenvalue weighted by molar-refractivity contribution is 6.34. The van der Waals surface area contributed by atoms with E-state index in [1.807, 2.05) is 6.92 Å². The summed E-state index contributed by atoms with van der Waals surface area (Å²) >= 11 is 12.4. The molecule has 2 N–H and O–H groups in total. The van der Waals surface area contributed by atoms with Crippen LogP contribution in [0, 0.1) is 0 Å². The molecule has 1 saturated heterocycles. The molecule has 0 spiro atoms. The van der Waals surface area contributed by atoms with Crippen LogP contribution in [-0.2, 0) is 4.79 Å². The van der Waals surface area contributed by atoms with Gasteiger partial charge in [-0.15, -0.1) is 0 Å². The number of aromatic nitrogens is 2. The van der Waals surface area contributed by atoms with E-state index in [4.69, 9.17) is 23.2 Å². The largest absolute Gasteiger partial charge is 0.347 e. The first-order valence-electron chi connectivity index (χ1n) is 10.9. The predicted octanol–water partition coefficient (Wildman–Crippen LogP) is 4.05. The van der Waals surface area contributed by atoms with E-state index in [0.29, 0.717) is 29.4 Å². The first kappa shape index (κ1) is 24.0. The summed E-state index contributed by atoms with van der Waals surface area (Å²) in [4.78, 5) is 49.1. The van der Waals surface area contributed by atoms with Gasteiger partial charge in [0, 0.05) is 31.2 Å². The molecule has 34 heavy (non-hydrogen) atoms. The van der Waals surface area contributed by atoms with Crippen LogP contribution < -0.4 is 5.32 Å². The highest BCUT2D eigenvalue weighted by Crippen LogP contribution is 2.26. The van der Waals surface area contributed by atoms with Crippen molar-refractivity contribution in [2.24, 2.45) is 0 Å². The molecular weight excluding hydrogens is 477 g/mol. The molecule has 2 atom stereocenters. The van der Waals surface area contributed by atoms with Crippen LogP contribution in [0.4, 0.5) is 0 Å². The highest BCUT2D eigenvalue weighted by Gasteiger charge is 2.36. The Morgan fingerprint density at radius 3 is 2.65 bits per heavy atom. The second-order valence-corrected chi connectivity index (χ2v) is 9.41. The maximum absolute atomic E-state index is 13.1. The van der Waals surface area contributed by atoms with Gasteiger partial charge in [0.2, 0.25) is 5.91 Å². The molecule has 8 nitrogen and oxygen atoms in total. The fraction of sp³-hybridized carbons (Fsp3) is 0.333. The van der Waals surface area contributed by atoms with E-state index < -0.39 is 12.1 Å². The zero-order chi connectivity index (χ0) is 24.6. The number of imidazole rings is 1. The van der Waals surface area contributed by atoms with E-state index in [1.54, 1.807) is 43.3 Å². The Hall–Kier alpha value is -3.10. The fourth-order valence-electron chi connectivity index (χ4n) is 4.10. The molecule has 0 saturated carbocycles. The number of likely N-dealkylation sites (tertiary alicyclic amines) is 1. The van der Waals surface area contributed by atoms with Crippen LogP contribution in [0.5, 0.6) is 0 Å². The van der Waals surface area contributed by atoms with Crippen molar-refractivity contribution in [3.63, 3.8) is 0 Å². The molecule has 2 aromatic carbocycles. The van der Waals surface area contributed by atoms with Crippen molar-refractivity contribution in [2.45, 2.75) is 31.8 Å². The van der Waals surface area contributed by atoms with E-state index in [9.17, 15) is 14.4 Å². The van der Waals surface area contributed by atoms with Crippen molar-refractivity contribution in [1.82, 2.24) is 25.1 Å². The van der Waals surface area contributed by atoms with Gasteiger partial charge in [0.05, 0.1) is 27.7 Å². The SMILES string of the molecule is C[C@@H](NC(=O)c1ccc(C(=O)N2CCC[C@H]2C(=O)N(C)C)c(Cl)c1)c1nc2ccc(Cl)cc2[nH]1. The van der Waals surface area contributed by atoms with E-state index in [-0.39, 0.29) is 28.3 Å². The third kappa shape index (κ3) is 4.74. The summed E-state index contributed by atoms with van der Waals surface area (Å²) in [6, 6.07) is 8.98. The topological polar surface area (TPSA) is 98.4 Å². The average Bonchev–Trinajstić information content (AvgIpc) is 3.44. The number of halogens is 2. The lowest BCUT2D eigenvalue weighted by Crippen LogP contribution is -2.45. The van der Waals surface area contributed by atoms with E-state index in [0.717, 1.165) is 17.5 Å². The molecule has 0 aliphatic carbocycles. The number of carbonyl (C=O) groups excluding carboxylic acids is 3. The van der Waals surface area contributed by atoms with Crippen LogP contribution in [0.2, 0.25) is 10.0 Å². The molecule has 3 aromatic rings. The van der Waals surface area contributed by atoms with Crippen LogP contribution >= 0.6 is 23.2 Å². The Balaban J connectivity index is 1.48. The molecule has 0 unspecified atom stereocenters. The number of fused-ring (bicyclic) bond motifs is 1. The second-order valence-electron chi connectivity index (χ2n) is 8.56. The highest BCUT2D eigenvalue weighted by atomic mass is 35.5. The molecule has 178 valence electrons. The number of rotatable bonds is 5. The number of likely N-dealkylation sites (N-methyl/N-ethyl adjacent to an activating group) is 1. The van der Waals surface area contributed by atoms with Crippen molar-refractivity contribution in [3.8, 4) is 0 Å². The van der Waals surface area contributed by atoms with Gasteiger partial charge in [0.25, 0.3) is 11.8 Å². The van der Waals surface area contributed by atoms with Gasteiger partial charge in [-0.1, -0.05) is 23.2 Å². The lowest BCUT2D eigenvalue weighted by Gasteiger charge is -2.26. The normalized spacial score (nSPS) is 16.5. The van der Waals surface area contributed by atoms with E-state index in [1.165, 1.54) is 17.0 Å². The third-order valence-corrected chi connectivity index (χ3v) is 6.47. The molecule has 4 rings (SSSR count). The minimum Gasteiger partial charge on any atom is -0.347 e. The number of nitrogens with one attached hydrogen (secondary N) is 2. The van der Waals surface area contributed by atoms with Gasteiger partial charge in [0.1, 0.15) is 11.9 Å². The number of hydrogen-bond acceptors (Lipinski definition) is 4. The summed E-state index contributed by atoms with van der Waals surface area (Å²) in [7, 11) is 3.34.